The van der Waals surface area contributed by atoms with Gasteiger partial charge in [-0.05, 0) is 32.0 Å². The quantitative estimate of drug-likeness (QED) is 0.495. The van der Waals surface area contributed by atoms with E-state index < -0.39 is 0 Å². The molecule has 0 atom stereocenters. The zero-order valence-electron chi connectivity index (χ0n) is 17.2. The van der Waals surface area contributed by atoms with Crippen molar-refractivity contribution in [1.82, 2.24) is 20.0 Å². The third kappa shape index (κ3) is 3.58. The summed E-state index contributed by atoms with van der Waals surface area (Å²) >= 11 is 0. The summed E-state index contributed by atoms with van der Waals surface area (Å²) in [6, 6.07) is 7.14. The third-order valence-corrected chi connectivity index (χ3v) is 5.37. The molecule has 0 aliphatic carbocycles. The van der Waals surface area contributed by atoms with Crippen LogP contribution >= 0.6 is 0 Å². The van der Waals surface area contributed by atoms with Crippen LogP contribution in [0.4, 0.5) is 5.95 Å². The molecule has 1 aliphatic rings. The number of aryl methyl sites for hydroxylation is 2. The van der Waals surface area contributed by atoms with Crippen LogP contribution in [0.1, 0.15) is 22.0 Å². The summed E-state index contributed by atoms with van der Waals surface area (Å²) in [6.45, 7) is 6.13. The summed E-state index contributed by atoms with van der Waals surface area (Å²) in [5.74, 6) is 2.22. The number of amides is 1. The predicted octanol–water partition coefficient (Wildman–Crippen LogP) is 3.56. The van der Waals surface area contributed by atoms with Gasteiger partial charge in [-0.25, -0.2) is 9.97 Å². The maximum absolute atomic E-state index is 12.5. The fourth-order valence-corrected chi connectivity index (χ4v) is 3.70. The van der Waals surface area contributed by atoms with E-state index in [4.69, 9.17) is 18.3 Å². The largest absolute Gasteiger partial charge is 0.469 e. The molecule has 0 bridgehead atoms. The van der Waals surface area contributed by atoms with Crippen LogP contribution in [0.15, 0.2) is 56.3 Å². The van der Waals surface area contributed by atoms with Crippen molar-refractivity contribution < 1.29 is 18.2 Å². The molecule has 9 heteroatoms. The Hall–Kier alpha value is -3.88. The average Bonchev–Trinajstić information content (AvgIpc) is 3.55. The van der Waals surface area contributed by atoms with E-state index in [9.17, 15) is 4.79 Å². The lowest BCUT2D eigenvalue weighted by molar-refractivity contribution is 0.0714. The number of hydrogen-bond donors (Lipinski definition) is 0. The number of nitrogens with zero attached hydrogens (tertiary/aromatic N) is 5. The first kappa shape index (κ1) is 19.1. The smallest absolute Gasteiger partial charge is 0.289 e. The second-order valence-corrected chi connectivity index (χ2v) is 7.41. The highest BCUT2D eigenvalue weighted by Crippen LogP contribution is 2.34. The molecule has 4 aromatic heterocycles. The number of furan rings is 2. The van der Waals surface area contributed by atoms with Gasteiger partial charge >= 0.3 is 0 Å². The monoisotopic (exact) mass is 419 g/mol. The standard InChI is InChI=1S/C22H21N5O4/c1-14-12-19(31-25-14)17-13-23-22(24-20(17)16-5-11-29-15(16)2)27-8-6-26(7-9-27)21(28)18-4-3-10-30-18/h3-5,10-13H,6-9H2,1-2H3. The second-order valence-electron chi connectivity index (χ2n) is 7.41. The van der Waals surface area contributed by atoms with Gasteiger partial charge in [0.25, 0.3) is 5.91 Å². The van der Waals surface area contributed by atoms with E-state index in [1.807, 2.05) is 26.0 Å². The highest BCUT2D eigenvalue weighted by atomic mass is 16.5. The maximum atomic E-state index is 12.5. The van der Waals surface area contributed by atoms with Crippen LogP contribution in [0.3, 0.4) is 0 Å². The molecule has 158 valence electrons. The van der Waals surface area contributed by atoms with Crippen molar-refractivity contribution in [2.45, 2.75) is 13.8 Å². The van der Waals surface area contributed by atoms with Crippen LogP contribution < -0.4 is 4.90 Å². The first-order valence-corrected chi connectivity index (χ1v) is 10.0. The van der Waals surface area contributed by atoms with Gasteiger partial charge in [-0.2, -0.15) is 0 Å². The van der Waals surface area contributed by atoms with E-state index in [-0.39, 0.29) is 5.91 Å². The van der Waals surface area contributed by atoms with Gasteiger partial charge in [0.15, 0.2) is 11.5 Å². The Morgan fingerprint density at radius 1 is 1.03 bits per heavy atom. The highest BCUT2D eigenvalue weighted by Gasteiger charge is 2.26. The zero-order chi connectivity index (χ0) is 21.4. The SMILES string of the molecule is Cc1cc(-c2cnc(N3CCN(C(=O)c4ccco4)CC3)nc2-c2ccoc2C)on1. The Labute approximate surface area is 178 Å². The molecule has 0 unspecified atom stereocenters. The van der Waals surface area contributed by atoms with Gasteiger partial charge in [0, 0.05) is 44.0 Å². The lowest BCUT2D eigenvalue weighted by Gasteiger charge is -2.34. The number of rotatable bonds is 4. The summed E-state index contributed by atoms with van der Waals surface area (Å²) in [6.07, 6.45) is 4.90. The summed E-state index contributed by atoms with van der Waals surface area (Å²) < 4.78 is 16.2. The summed E-state index contributed by atoms with van der Waals surface area (Å²) in [5.41, 5.74) is 3.13. The van der Waals surface area contributed by atoms with Crippen LogP contribution in [0.2, 0.25) is 0 Å². The van der Waals surface area contributed by atoms with Crippen molar-refractivity contribution in [3.63, 3.8) is 0 Å². The third-order valence-electron chi connectivity index (χ3n) is 5.37. The first-order chi connectivity index (χ1) is 15.1. The van der Waals surface area contributed by atoms with E-state index in [0.717, 1.165) is 28.3 Å². The molecule has 0 saturated carbocycles. The van der Waals surface area contributed by atoms with E-state index >= 15 is 0 Å². The van der Waals surface area contributed by atoms with Crippen molar-refractivity contribution in [2.75, 3.05) is 31.1 Å². The molecule has 1 saturated heterocycles. The molecule has 0 spiro atoms. The van der Waals surface area contributed by atoms with Crippen LogP contribution in [0.5, 0.6) is 0 Å². The molecule has 1 amide bonds. The normalized spacial score (nSPS) is 14.3. The lowest BCUT2D eigenvalue weighted by Crippen LogP contribution is -2.49. The number of aromatic nitrogens is 3. The number of piperazine rings is 1. The van der Waals surface area contributed by atoms with Gasteiger partial charge in [0.05, 0.1) is 29.5 Å². The zero-order valence-corrected chi connectivity index (χ0v) is 17.2. The van der Waals surface area contributed by atoms with Crippen molar-refractivity contribution in [1.29, 1.82) is 0 Å². The Morgan fingerprint density at radius 2 is 1.87 bits per heavy atom. The van der Waals surface area contributed by atoms with Gasteiger partial charge in [-0.3, -0.25) is 4.79 Å². The molecule has 0 radical (unpaired) electrons. The van der Waals surface area contributed by atoms with Crippen molar-refractivity contribution in [3.8, 4) is 22.6 Å². The molecular formula is C22H21N5O4. The molecule has 1 fully saturated rings. The topological polar surface area (TPSA) is 102 Å². The molecule has 4 aromatic rings. The highest BCUT2D eigenvalue weighted by molar-refractivity contribution is 5.91. The number of anilines is 1. The summed E-state index contributed by atoms with van der Waals surface area (Å²) in [5, 5.41) is 3.99. The lowest BCUT2D eigenvalue weighted by atomic mass is 10.1. The van der Waals surface area contributed by atoms with Gasteiger partial charge in [0.1, 0.15) is 5.76 Å². The van der Waals surface area contributed by atoms with Gasteiger partial charge in [-0.1, -0.05) is 5.16 Å². The van der Waals surface area contributed by atoms with Crippen molar-refractivity contribution in [3.05, 3.63) is 60.2 Å². The summed E-state index contributed by atoms with van der Waals surface area (Å²) in [7, 11) is 0. The van der Waals surface area contributed by atoms with E-state index in [1.165, 1.54) is 6.26 Å². The minimum absolute atomic E-state index is 0.101. The summed E-state index contributed by atoms with van der Waals surface area (Å²) in [4.78, 5) is 25.8. The minimum Gasteiger partial charge on any atom is -0.469 e. The van der Waals surface area contributed by atoms with Gasteiger partial charge < -0.3 is 23.2 Å². The number of carbonyl (C=O) groups is 1. The number of carbonyl (C=O) groups excluding carboxylic acids is 1. The fraction of sp³-hybridized carbons (Fsp3) is 0.273. The van der Waals surface area contributed by atoms with Gasteiger partial charge in [0.2, 0.25) is 5.95 Å². The molecule has 5 heterocycles. The van der Waals surface area contributed by atoms with Crippen LogP contribution in [-0.2, 0) is 0 Å². The van der Waals surface area contributed by atoms with Crippen LogP contribution in [-0.4, -0.2) is 52.1 Å². The fourth-order valence-electron chi connectivity index (χ4n) is 3.70. The average molecular weight is 419 g/mol. The predicted molar refractivity (Wildman–Crippen MR) is 112 cm³/mol. The Morgan fingerprint density at radius 3 is 2.52 bits per heavy atom. The first-order valence-electron chi connectivity index (χ1n) is 10.0. The van der Waals surface area contributed by atoms with Crippen molar-refractivity contribution >= 4 is 11.9 Å². The second kappa shape index (κ2) is 7.75. The molecule has 1 aliphatic heterocycles. The van der Waals surface area contributed by atoms with Crippen LogP contribution in [0, 0.1) is 13.8 Å². The van der Waals surface area contributed by atoms with E-state index in [0.29, 0.717) is 43.6 Å². The van der Waals surface area contributed by atoms with E-state index in [2.05, 4.69) is 15.0 Å². The Bertz CT molecular complexity index is 1200. The molecule has 5 rings (SSSR count). The minimum atomic E-state index is -0.101. The van der Waals surface area contributed by atoms with Gasteiger partial charge in [-0.15, -0.1) is 0 Å². The van der Waals surface area contributed by atoms with E-state index in [1.54, 1.807) is 29.5 Å². The molecular weight excluding hydrogens is 398 g/mol. The number of hydrogen-bond acceptors (Lipinski definition) is 8. The molecule has 0 aromatic carbocycles. The van der Waals surface area contributed by atoms with Crippen LogP contribution in [0.25, 0.3) is 22.6 Å². The molecule has 0 N–H and O–H groups in total. The Kier molecular flexibility index (Phi) is 4.78. The van der Waals surface area contributed by atoms with Crippen molar-refractivity contribution in [2.24, 2.45) is 0 Å². The maximum Gasteiger partial charge on any atom is 0.289 e. The molecule has 31 heavy (non-hydrogen) atoms. The Balaban J connectivity index is 1.42. The molecule has 9 nitrogen and oxygen atoms in total.